The Morgan fingerprint density at radius 3 is 2.27 bits per heavy atom. The third-order valence-corrected chi connectivity index (χ3v) is 9.39. The van der Waals surface area contributed by atoms with Crippen molar-refractivity contribution < 1.29 is 13.2 Å². The van der Waals surface area contributed by atoms with Gasteiger partial charge in [-0.2, -0.15) is 18.3 Å². The van der Waals surface area contributed by atoms with Crippen LogP contribution >= 0.6 is 0 Å². The van der Waals surface area contributed by atoms with Crippen LogP contribution in [0.3, 0.4) is 0 Å². The number of benzene rings is 1. The molecule has 3 aromatic heterocycles. The molecule has 236 valence electrons. The summed E-state index contributed by atoms with van der Waals surface area (Å²) < 4.78 is 41.5. The molecule has 2 fully saturated rings. The fourth-order valence-corrected chi connectivity index (χ4v) is 6.58. The van der Waals surface area contributed by atoms with E-state index in [4.69, 9.17) is 15.0 Å². The average Bonchev–Trinajstić information content (AvgIpc) is 3.91. The van der Waals surface area contributed by atoms with Gasteiger partial charge in [-0.3, -0.25) is 5.10 Å². The van der Waals surface area contributed by atoms with Crippen LogP contribution < -0.4 is 9.80 Å². The lowest BCUT2D eigenvalue weighted by molar-refractivity contribution is -0.137. The standard InChI is InChI=1S/C35H40F3N7/c1-22-12-25(14-29(13-22)35(36,37)38)20-45(33-39-16-28(17-40-33)30-9-11-41-43-30)21-27-15-26-8-10-34(2,3)31(26)42-32(27)44(18-23-4-5-23)19-24-6-7-24/h9,11-17,23-24H,4-8,10,18-21H2,1-3H3,(H,41,43). The van der Waals surface area contributed by atoms with Gasteiger partial charge < -0.3 is 9.80 Å². The highest BCUT2D eigenvalue weighted by Crippen LogP contribution is 2.42. The minimum atomic E-state index is -4.43. The number of aromatic amines is 1. The number of H-pyrrole nitrogens is 1. The molecule has 7 nitrogen and oxygen atoms in total. The molecule has 0 saturated heterocycles. The molecule has 0 bridgehead atoms. The molecule has 1 aromatic carbocycles. The van der Waals surface area contributed by atoms with E-state index in [1.807, 2.05) is 17.0 Å². The van der Waals surface area contributed by atoms with Gasteiger partial charge in [-0.05, 0) is 92.7 Å². The molecule has 0 atom stereocenters. The Labute approximate surface area is 262 Å². The third-order valence-electron chi connectivity index (χ3n) is 9.39. The largest absolute Gasteiger partial charge is 0.416 e. The summed E-state index contributed by atoms with van der Waals surface area (Å²) in [6.45, 7) is 8.90. The zero-order valence-electron chi connectivity index (χ0n) is 26.2. The summed E-state index contributed by atoms with van der Waals surface area (Å²) in [7, 11) is 0. The highest BCUT2D eigenvalue weighted by atomic mass is 19.4. The molecule has 3 aliphatic carbocycles. The fourth-order valence-electron chi connectivity index (χ4n) is 6.58. The van der Waals surface area contributed by atoms with E-state index < -0.39 is 11.7 Å². The number of pyridine rings is 1. The second-order valence-electron chi connectivity index (χ2n) is 13.9. The SMILES string of the molecule is Cc1cc(CN(Cc2cc3c(nc2N(CC2CC2)CC2CC2)C(C)(C)CC3)c2ncc(-c3cc[nH]n3)cn2)cc(C(F)(F)F)c1. The Morgan fingerprint density at radius 2 is 1.64 bits per heavy atom. The van der Waals surface area contributed by atoms with Crippen LogP contribution in [-0.4, -0.2) is 38.2 Å². The van der Waals surface area contributed by atoms with Gasteiger partial charge in [0, 0.05) is 61.3 Å². The van der Waals surface area contributed by atoms with Gasteiger partial charge >= 0.3 is 6.18 Å². The van der Waals surface area contributed by atoms with Crippen molar-refractivity contribution in [3.63, 3.8) is 0 Å². The van der Waals surface area contributed by atoms with Crippen LogP contribution in [0.4, 0.5) is 24.9 Å². The number of halogens is 3. The Hall–Kier alpha value is -3.95. The van der Waals surface area contributed by atoms with Crippen molar-refractivity contribution in [3.8, 4) is 11.3 Å². The van der Waals surface area contributed by atoms with Crippen molar-refractivity contribution in [1.29, 1.82) is 0 Å². The maximum atomic E-state index is 13.8. The Kier molecular flexibility index (Phi) is 7.56. The zero-order chi connectivity index (χ0) is 31.3. The van der Waals surface area contributed by atoms with Crippen molar-refractivity contribution in [1.82, 2.24) is 25.1 Å². The van der Waals surface area contributed by atoms with Crippen LogP contribution in [0.1, 0.15) is 79.5 Å². The van der Waals surface area contributed by atoms with E-state index >= 15 is 0 Å². The lowest BCUT2D eigenvalue weighted by Crippen LogP contribution is -2.33. The van der Waals surface area contributed by atoms with Gasteiger partial charge in [0.25, 0.3) is 0 Å². The van der Waals surface area contributed by atoms with Crippen LogP contribution in [0.25, 0.3) is 11.3 Å². The number of aromatic nitrogens is 5. The first kappa shape index (κ1) is 29.7. The molecule has 4 aromatic rings. The molecule has 0 spiro atoms. The maximum absolute atomic E-state index is 13.8. The van der Waals surface area contributed by atoms with Gasteiger partial charge in [0.05, 0.1) is 17.0 Å². The Morgan fingerprint density at radius 1 is 0.933 bits per heavy atom. The first-order valence-corrected chi connectivity index (χ1v) is 16.0. The number of hydrogen-bond acceptors (Lipinski definition) is 6. The van der Waals surface area contributed by atoms with E-state index in [1.165, 1.54) is 49.1 Å². The summed E-state index contributed by atoms with van der Waals surface area (Å²) in [6.07, 6.45) is 7.79. The summed E-state index contributed by atoms with van der Waals surface area (Å²) in [5.41, 5.74) is 5.50. The van der Waals surface area contributed by atoms with Gasteiger partial charge in [0.1, 0.15) is 5.82 Å². The summed E-state index contributed by atoms with van der Waals surface area (Å²) in [4.78, 5) is 19.3. The summed E-state index contributed by atoms with van der Waals surface area (Å²) in [6, 6.07) is 8.41. The molecule has 0 aliphatic heterocycles. The molecule has 0 amide bonds. The van der Waals surface area contributed by atoms with Crippen LogP contribution in [-0.2, 0) is 31.1 Å². The molecular formula is C35H40F3N7. The summed E-state index contributed by atoms with van der Waals surface area (Å²) >= 11 is 0. The lowest BCUT2D eigenvalue weighted by Gasteiger charge is -2.31. The first-order valence-electron chi connectivity index (χ1n) is 16.0. The van der Waals surface area contributed by atoms with Gasteiger partial charge in [0.2, 0.25) is 5.95 Å². The first-order chi connectivity index (χ1) is 21.5. The second-order valence-corrected chi connectivity index (χ2v) is 13.9. The quantitative estimate of drug-likeness (QED) is 0.187. The molecule has 0 unspecified atom stereocenters. The fraction of sp³-hybridized carbons (Fsp3) is 0.486. The minimum Gasteiger partial charge on any atom is -0.356 e. The van der Waals surface area contributed by atoms with Crippen molar-refractivity contribution in [3.05, 3.63) is 82.4 Å². The minimum absolute atomic E-state index is 0.00783. The normalized spacial score (nSPS) is 17.4. The van der Waals surface area contributed by atoms with Crippen LogP contribution in [0.5, 0.6) is 0 Å². The Balaban J connectivity index is 1.29. The van der Waals surface area contributed by atoms with E-state index in [9.17, 15) is 13.2 Å². The number of hydrogen-bond donors (Lipinski definition) is 1. The molecular weight excluding hydrogens is 575 g/mol. The number of alkyl halides is 3. The number of fused-ring (bicyclic) bond motifs is 1. The summed E-state index contributed by atoms with van der Waals surface area (Å²) in [5, 5.41) is 7.05. The van der Waals surface area contributed by atoms with Crippen molar-refractivity contribution >= 4 is 11.8 Å². The second kappa shape index (κ2) is 11.4. The smallest absolute Gasteiger partial charge is 0.356 e. The molecule has 7 rings (SSSR count). The van der Waals surface area contributed by atoms with Crippen LogP contribution in [0.2, 0.25) is 0 Å². The van der Waals surface area contributed by atoms with Gasteiger partial charge in [-0.25, -0.2) is 15.0 Å². The molecule has 45 heavy (non-hydrogen) atoms. The number of aryl methyl sites for hydroxylation is 2. The zero-order valence-corrected chi connectivity index (χ0v) is 26.2. The van der Waals surface area contributed by atoms with Crippen LogP contribution in [0, 0.1) is 18.8 Å². The number of nitrogens with one attached hydrogen (secondary N) is 1. The highest BCUT2D eigenvalue weighted by molar-refractivity contribution is 5.58. The molecule has 1 N–H and O–H groups in total. The Bertz CT molecular complexity index is 1640. The van der Waals surface area contributed by atoms with Crippen LogP contribution in [0.15, 0.2) is 48.9 Å². The third kappa shape index (κ3) is 6.70. The molecule has 3 aliphatic rings. The lowest BCUT2D eigenvalue weighted by atomic mass is 9.90. The predicted molar refractivity (Wildman–Crippen MR) is 169 cm³/mol. The molecule has 2 saturated carbocycles. The predicted octanol–water partition coefficient (Wildman–Crippen LogP) is 7.65. The number of nitrogens with zero attached hydrogens (tertiary/aromatic N) is 6. The van der Waals surface area contributed by atoms with Crippen molar-refractivity contribution in [2.75, 3.05) is 22.9 Å². The average molecular weight is 616 g/mol. The van der Waals surface area contributed by atoms with Gasteiger partial charge in [-0.1, -0.05) is 25.5 Å². The number of anilines is 2. The van der Waals surface area contributed by atoms with Gasteiger partial charge in [-0.15, -0.1) is 0 Å². The van der Waals surface area contributed by atoms with E-state index in [-0.39, 0.29) is 12.0 Å². The van der Waals surface area contributed by atoms with E-state index in [2.05, 4.69) is 35.0 Å². The number of rotatable bonds is 11. The molecule has 3 heterocycles. The van der Waals surface area contributed by atoms with E-state index in [0.29, 0.717) is 35.5 Å². The monoisotopic (exact) mass is 615 g/mol. The maximum Gasteiger partial charge on any atom is 0.416 e. The van der Waals surface area contributed by atoms with Crippen molar-refractivity contribution in [2.45, 2.75) is 84.0 Å². The topological polar surface area (TPSA) is 73.8 Å². The molecule has 10 heteroatoms. The van der Waals surface area contributed by atoms with E-state index in [1.54, 1.807) is 25.5 Å². The van der Waals surface area contributed by atoms with Crippen molar-refractivity contribution in [2.24, 2.45) is 11.8 Å². The van der Waals surface area contributed by atoms with E-state index in [0.717, 1.165) is 48.6 Å². The highest BCUT2D eigenvalue weighted by Gasteiger charge is 2.36. The molecule has 0 radical (unpaired) electrons. The van der Waals surface area contributed by atoms with Gasteiger partial charge in [0.15, 0.2) is 0 Å². The summed E-state index contributed by atoms with van der Waals surface area (Å²) in [5.74, 6) is 2.86.